The van der Waals surface area contributed by atoms with Gasteiger partial charge < -0.3 is 24.6 Å². The molecule has 0 unspecified atom stereocenters. The molecule has 1 aromatic rings. The summed E-state index contributed by atoms with van der Waals surface area (Å²) in [7, 11) is 3.04. The van der Waals surface area contributed by atoms with Gasteiger partial charge in [0.05, 0.1) is 38.3 Å². The van der Waals surface area contributed by atoms with E-state index in [1.54, 1.807) is 18.2 Å². The number of anilines is 1. The lowest BCUT2D eigenvalue weighted by molar-refractivity contribution is -0.147. The van der Waals surface area contributed by atoms with E-state index in [4.69, 9.17) is 14.2 Å². The Bertz CT molecular complexity index is 631. The second kappa shape index (κ2) is 6.08. The fourth-order valence-corrected chi connectivity index (χ4v) is 3.46. The molecule has 0 aliphatic carbocycles. The average Bonchev–Trinajstić information content (AvgIpc) is 3.15. The van der Waals surface area contributed by atoms with Crippen LogP contribution in [0.15, 0.2) is 18.2 Å². The van der Waals surface area contributed by atoms with E-state index in [2.05, 4.69) is 5.32 Å². The molecule has 0 spiro atoms. The van der Waals surface area contributed by atoms with Crippen LogP contribution in [0.3, 0.4) is 0 Å². The Morgan fingerprint density at radius 1 is 1.13 bits per heavy atom. The zero-order valence-corrected chi connectivity index (χ0v) is 12.9. The molecule has 0 radical (unpaired) electrons. The number of nitrogens with one attached hydrogen (secondary N) is 1. The third-order valence-corrected chi connectivity index (χ3v) is 4.51. The van der Waals surface area contributed by atoms with Crippen LogP contribution in [-0.4, -0.2) is 43.4 Å². The fraction of sp³-hybridized carbons (Fsp3) is 0.500. The molecule has 2 fully saturated rings. The van der Waals surface area contributed by atoms with Crippen LogP contribution >= 0.6 is 0 Å². The van der Waals surface area contributed by atoms with Crippen molar-refractivity contribution in [1.82, 2.24) is 0 Å². The Labute approximate surface area is 133 Å². The molecule has 2 heterocycles. The number of fused-ring (bicyclic) bond motifs is 2. The molecule has 23 heavy (non-hydrogen) atoms. The molecule has 7 heteroatoms. The maximum atomic E-state index is 12.5. The van der Waals surface area contributed by atoms with E-state index in [0.29, 0.717) is 23.6 Å². The molecule has 7 nitrogen and oxygen atoms in total. The van der Waals surface area contributed by atoms with Crippen LogP contribution in [0, 0.1) is 11.8 Å². The first-order valence-electron chi connectivity index (χ1n) is 7.46. The van der Waals surface area contributed by atoms with E-state index in [9.17, 15) is 14.7 Å². The Kier molecular flexibility index (Phi) is 4.12. The zero-order valence-electron chi connectivity index (χ0n) is 12.9. The Morgan fingerprint density at radius 3 is 2.39 bits per heavy atom. The van der Waals surface area contributed by atoms with Crippen LogP contribution in [0.4, 0.5) is 5.69 Å². The van der Waals surface area contributed by atoms with Gasteiger partial charge in [-0.2, -0.15) is 0 Å². The SMILES string of the molecule is COc1ccc(NC(=O)[C@H]2[C@@H](C(=O)O)[C@@H]3CC[C@H]2O3)cc1OC. The molecule has 4 atom stereocenters. The summed E-state index contributed by atoms with van der Waals surface area (Å²) in [5.74, 6) is -1.73. The van der Waals surface area contributed by atoms with Crippen molar-refractivity contribution in [3.63, 3.8) is 0 Å². The molecule has 0 saturated carbocycles. The molecule has 2 aliphatic heterocycles. The van der Waals surface area contributed by atoms with E-state index in [1.807, 2.05) is 0 Å². The van der Waals surface area contributed by atoms with Gasteiger partial charge in [0.2, 0.25) is 5.91 Å². The highest BCUT2D eigenvalue weighted by Gasteiger charge is 2.55. The first kappa shape index (κ1) is 15.6. The molecule has 124 valence electrons. The third-order valence-electron chi connectivity index (χ3n) is 4.51. The van der Waals surface area contributed by atoms with E-state index in [1.165, 1.54) is 14.2 Å². The van der Waals surface area contributed by atoms with Crippen molar-refractivity contribution in [2.75, 3.05) is 19.5 Å². The van der Waals surface area contributed by atoms with Crippen LogP contribution in [0.5, 0.6) is 11.5 Å². The highest BCUT2D eigenvalue weighted by atomic mass is 16.5. The highest BCUT2D eigenvalue weighted by Crippen LogP contribution is 2.44. The Morgan fingerprint density at radius 2 is 1.78 bits per heavy atom. The molecule has 1 amide bonds. The Balaban J connectivity index is 1.78. The van der Waals surface area contributed by atoms with E-state index in [0.717, 1.165) is 6.42 Å². The largest absolute Gasteiger partial charge is 0.493 e. The van der Waals surface area contributed by atoms with Gasteiger partial charge in [-0.3, -0.25) is 9.59 Å². The number of carboxylic acids is 1. The number of hydrogen-bond acceptors (Lipinski definition) is 5. The van der Waals surface area contributed by atoms with Crippen LogP contribution < -0.4 is 14.8 Å². The lowest BCUT2D eigenvalue weighted by atomic mass is 9.78. The molecule has 1 aromatic carbocycles. The minimum absolute atomic E-state index is 0.318. The quantitative estimate of drug-likeness (QED) is 0.854. The molecular weight excluding hydrogens is 302 g/mol. The van der Waals surface area contributed by atoms with Crippen LogP contribution in [0.2, 0.25) is 0 Å². The summed E-state index contributed by atoms with van der Waals surface area (Å²) in [6.45, 7) is 0. The van der Waals surface area contributed by atoms with Crippen molar-refractivity contribution in [3.05, 3.63) is 18.2 Å². The first-order chi connectivity index (χ1) is 11.0. The monoisotopic (exact) mass is 321 g/mol. The summed E-state index contributed by atoms with van der Waals surface area (Å²) in [4.78, 5) is 24.0. The predicted molar refractivity (Wildman–Crippen MR) is 80.7 cm³/mol. The van der Waals surface area contributed by atoms with Crippen LogP contribution in [0.1, 0.15) is 12.8 Å². The smallest absolute Gasteiger partial charge is 0.310 e. The van der Waals surface area contributed by atoms with Crippen LogP contribution in [0.25, 0.3) is 0 Å². The minimum atomic E-state index is -0.982. The number of hydrogen-bond donors (Lipinski definition) is 2. The number of carbonyl (C=O) groups is 2. The number of methoxy groups -OCH3 is 2. The van der Waals surface area contributed by atoms with Gasteiger partial charge >= 0.3 is 5.97 Å². The van der Waals surface area contributed by atoms with Gasteiger partial charge in [0, 0.05) is 11.8 Å². The second-order valence-electron chi connectivity index (χ2n) is 5.74. The molecule has 2 bridgehead atoms. The van der Waals surface area contributed by atoms with Crippen molar-refractivity contribution in [2.45, 2.75) is 25.0 Å². The number of aliphatic carboxylic acids is 1. The number of carboxylic acid groups (broad SMARTS) is 1. The molecule has 2 saturated heterocycles. The third kappa shape index (κ3) is 2.72. The molecule has 3 rings (SSSR count). The number of ether oxygens (including phenoxy) is 3. The van der Waals surface area contributed by atoms with Gasteiger partial charge in [0.15, 0.2) is 11.5 Å². The van der Waals surface area contributed by atoms with Gasteiger partial charge in [0.1, 0.15) is 0 Å². The van der Waals surface area contributed by atoms with Gasteiger partial charge in [-0.05, 0) is 25.0 Å². The number of amides is 1. The molecule has 2 N–H and O–H groups in total. The predicted octanol–water partition coefficient (Wildman–Crippen LogP) is 1.52. The first-order valence-corrected chi connectivity index (χ1v) is 7.46. The minimum Gasteiger partial charge on any atom is -0.493 e. The van der Waals surface area contributed by atoms with E-state index >= 15 is 0 Å². The van der Waals surface area contributed by atoms with Gasteiger partial charge in [-0.25, -0.2) is 0 Å². The summed E-state index contributed by atoms with van der Waals surface area (Å²) in [5.41, 5.74) is 0.527. The highest BCUT2D eigenvalue weighted by molar-refractivity contribution is 5.96. The average molecular weight is 321 g/mol. The van der Waals surface area contributed by atoms with E-state index in [-0.39, 0.29) is 18.1 Å². The lowest BCUT2D eigenvalue weighted by Gasteiger charge is -2.24. The summed E-state index contributed by atoms with van der Waals surface area (Å²) in [6, 6.07) is 5.00. The van der Waals surface area contributed by atoms with Gasteiger partial charge in [-0.1, -0.05) is 0 Å². The van der Waals surface area contributed by atoms with E-state index < -0.39 is 17.8 Å². The van der Waals surface area contributed by atoms with Crippen molar-refractivity contribution in [3.8, 4) is 11.5 Å². The lowest BCUT2D eigenvalue weighted by Crippen LogP contribution is -2.40. The molecular formula is C16H19NO6. The molecule has 2 aliphatic rings. The van der Waals surface area contributed by atoms with Gasteiger partial charge in [0.25, 0.3) is 0 Å². The van der Waals surface area contributed by atoms with Crippen molar-refractivity contribution >= 4 is 17.6 Å². The number of carbonyl (C=O) groups excluding carboxylic acids is 1. The summed E-state index contributed by atoms with van der Waals surface area (Å²) < 4.78 is 16.0. The van der Waals surface area contributed by atoms with Crippen molar-refractivity contribution in [2.24, 2.45) is 11.8 Å². The fourth-order valence-electron chi connectivity index (χ4n) is 3.46. The van der Waals surface area contributed by atoms with Crippen molar-refractivity contribution in [1.29, 1.82) is 0 Å². The maximum absolute atomic E-state index is 12.5. The Hall–Kier alpha value is -2.28. The summed E-state index contributed by atoms with van der Waals surface area (Å²) in [5, 5.41) is 12.1. The topological polar surface area (TPSA) is 94.1 Å². The zero-order chi connectivity index (χ0) is 16.6. The maximum Gasteiger partial charge on any atom is 0.310 e. The van der Waals surface area contributed by atoms with Gasteiger partial charge in [-0.15, -0.1) is 0 Å². The van der Waals surface area contributed by atoms with Crippen LogP contribution in [-0.2, 0) is 14.3 Å². The normalized spacial score (nSPS) is 28.4. The number of benzene rings is 1. The molecule has 0 aromatic heterocycles. The number of rotatable bonds is 5. The standard InChI is InChI=1S/C16H19NO6/c1-21-9-4-3-8(7-12(9)22-2)17-15(18)13-10-5-6-11(23-10)14(13)16(19)20/h3-4,7,10-11,13-14H,5-6H2,1-2H3,(H,17,18)(H,19,20)/t10-,11+,13-,14+/m1/s1. The second-order valence-corrected chi connectivity index (χ2v) is 5.74. The summed E-state index contributed by atoms with van der Waals surface area (Å²) in [6.07, 6.45) is 0.736. The van der Waals surface area contributed by atoms with Crippen molar-refractivity contribution < 1.29 is 28.9 Å². The summed E-state index contributed by atoms with van der Waals surface area (Å²) >= 11 is 0.